The molecular formula is C15H26N4O4Si. The second-order valence-electron chi connectivity index (χ2n) is 7.64. The van der Waals surface area contributed by atoms with Crippen LogP contribution >= 0.6 is 0 Å². The quantitative estimate of drug-likeness (QED) is 0.491. The number of esters is 1. The Morgan fingerprint density at radius 1 is 1.42 bits per heavy atom. The van der Waals surface area contributed by atoms with E-state index < -0.39 is 14.3 Å². The Morgan fingerprint density at radius 3 is 2.54 bits per heavy atom. The molecule has 1 saturated heterocycles. The molecule has 0 aliphatic carbocycles. The highest BCUT2D eigenvalue weighted by Gasteiger charge is 2.48. The van der Waals surface area contributed by atoms with Gasteiger partial charge in [-0.2, -0.15) is 0 Å². The Hall–Kier alpha value is -1.74. The predicted molar refractivity (Wildman–Crippen MR) is 89.8 cm³/mol. The molecule has 0 unspecified atom stereocenters. The summed E-state index contributed by atoms with van der Waals surface area (Å²) in [5, 5.41) is 10.6. The highest BCUT2D eigenvalue weighted by molar-refractivity contribution is 6.74. The number of rotatable bonds is 5. The van der Waals surface area contributed by atoms with E-state index in [9.17, 15) is 9.59 Å². The van der Waals surface area contributed by atoms with Gasteiger partial charge in [-0.15, -0.1) is 5.10 Å². The van der Waals surface area contributed by atoms with Gasteiger partial charge < -0.3 is 14.5 Å². The van der Waals surface area contributed by atoms with Crippen molar-refractivity contribution < 1.29 is 18.8 Å². The van der Waals surface area contributed by atoms with Gasteiger partial charge >= 0.3 is 5.97 Å². The fourth-order valence-electron chi connectivity index (χ4n) is 2.41. The maximum absolute atomic E-state index is 12.1. The van der Waals surface area contributed by atoms with Gasteiger partial charge in [-0.05, 0) is 25.1 Å². The molecule has 1 aromatic heterocycles. The van der Waals surface area contributed by atoms with E-state index in [1.54, 1.807) is 0 Å². The summed E-state index contributed by atoms with van der Waals surface area (Å²) in [4.78, 5) is 23.5. The van der Waals surface area contributed by atoms with Crippen molar-refractivity contribution in [3.8, 4) is 0 Å². The standard InChI is InChI=1S/C15H26N4O4Si/c1-9(23-24(6,7)15(2,3)4)11-12(16-13(11)20)19-8-10(17-18-19)14(21)22-5/h8-9,11-12H,1-7H3,(H,16,20)/t9-,11-,12-/m1/s1. The van der Waals surface area contributed by atoms with Crippen molar-refractivity contribution in [1.29, 1.82) is 0 Å². The fourth-order valence-corrected chi connectivity index (χ4v) is 3.83. The molecule has 0 radical (unpaired) electrons. The number of methoxy groups -OCH3 is 1. The van der Waals surface area contributed by atoms with E-state index >= 15 is 0 Å². The predicted octanol–water partition coefficient (Wildman–Crippen LogP) is 1.72. The van der Waals surface area contributed by atoms with E-state index in [1.165, 1.54) is 18.0 Å². The van der Waals surface area contributed by atoms with Crippen LogP contribution in [0.15, 0.2) is 6.20 Å². The van der Waals surface area contributed by atoms with E-state index in [-0.39, 0.29) is 34.8 Å². The first-order valence-electron chi connectivity index (χ1n) is 7.96. The zero-order valence-corrected chi connectivity index (χ0v) is 16.3. The van der Waals surface area contributed by atoms with Gasteiger partial charge in [0.2, 0.25) is 5.91 Å². The highest BCUT2D eigenvalue weighted by Crippen LogP contribution is 2.40. The number of nitrogens with zero attached hydrogens (tertiary/aromatic N) is 3. The lowest BCUT2D eigenvalue weighted by molar-refractivity contribution is -0.144. The Kier molecular flexibility index (Phi) is 4.87. The number of β-lactam (4-membered cyclic amide) rings is 1. The Balaban J connectivity index is 2.13. The summed E-state index contributed by atoms with van der Waals surface area (Å²) in [6, 6.07) is 0. The summed E-state index contributed by atoms with van der Waals surface area (Å²) < 4.78 is 12.4. The monoisotopic (exact) mass is 354 g/mol. The first-order valence-corrected chi connectivity index (χ1v) is 10.9. The van der Waals surface area contributed by atoms with Crippen LogP contribution in [0.4, 0.5) is 0 Å². The SMILES string of the molecule is COC(=O)c1cn([C@H]2NC(=O)[C@@H]2[C@@H](C)O[Si](C)(C)C(C)(C)C)nn1. The van der Waals surface area contributed by atoms with Crippen LogP contribution in [-0.4, -0.2) is 48.4 Å². The third kappa shape index (κ3) is 3.36. The van der Waals surface area contributed by atoms with Crippen molar-refractivity contribution in [3.05, 3.63) is 11.9 Å². The molecule has 24 heavy (non-hydrogen) atoms. The van der Waals surface area contributed by atoms with Crippen molar-refractivity contribution >= 4 is 20.2 Å². The minimum Gasteiger partial charge on any atom is -0.464 e. The Labute approximate surface area is 143 Å². The van der Waals surface area contributed by atoms with Crippen molar-refractivity contribution in [2.24, 2.45) is 5.92 Å². The van der Waals surface area contributed by atoms with Crippen LogP contribution < -0.4 is 5.32 Å². The van der Waals surface area contributed by atoms with E-state index in [0.717, 1.165) is 0 Å². The molecule has 1 N–H and O–H groups in total. The van der Waals surface area contributed by atoms with Crippen molar-refractivity contribution in [2.45, 2.75) is 58.1 Å². The third-order valence-electron chi connectivity index (χ3n) is 4.92. The van der Waals surface area contributed by atoms with Crippen molar-refractivity contribution in [2.75, 3.05) is 7.11 Å². The topological polar surface area (TPSA) is 95.3 Å². The zero-order chi connectivity index (χ0) is 18.3. The number of aromatic nitrogens is 3. The number of ether oxygens (including phenoxy) is 1. The molecule has 2 heterocycles. The number of carbonyl (C=O) groups is 2. The summed E-state index contributed by atoms with van der Waals surface area (Å²) in [7, 11) is -0.709. The summed E-state index contributed by atoms with van der Waals surface area (Å²) >= 11 is 0. The molecule has 1 aromatic rings. The molecule has 0 aromatic carbocycles. The molecular weight excluding hydrogens is 328 g/mol. The summed E-state index contributed by atoms with van der Waals surface area (Å²) in [6.45, 7) is 12.7. The van der Waals surface area contributed by atoms with Gasteiger partial charge in [0.1, 0.15) is 12.1 Å². The minimum atomic E-state index is -1.99. The molecule has 3 atom stereocenters. The molecule has 2 rings (SSSR count). The van der Waals surface area contributed by atoms with Gasteiger partial charge in [-0.25, -0.2) is 9.48 Å². The highest BCUT2D eigenvalue weighted by atomic mass is 28.4. The average molecular weight is 354 g/mol. The van der Waals surface area contributed by atoms with Crippen molar-refractivity contribution in [1.82, 2.24) is 20.3 Å². The number of hydrogen-bond donors (Lipinski definition) is 1. The smallest absolute Gasteiger partial charge is 0.360 e. The largest absolute Gasteiger partial charge is 0.464 e. The maximum Gasteiger partial charge on any atom is 0.360 e. The molecule has 0 bridgehead atoms. The molecule has 9 heteroatoms. The van der Waals surface area contributed by atoms with E-state index in [0.29, 0.717) is 0 Å². The van der Waals surface area contributed by atoms with Crippen LogP contribution in [0.25, 0.3) is 0 Å². The zero-order valence-electron chi connectivity index (χ0n) is 15.3. The molecule has 134 valence electrons. The molecule has 0 spiro atoms. The molecule has 1 amide bonds. The number of nitrogens with one attached hydrogen (secondary N) is 1. The van der Waals surface area contributed by atoms with Crippen LogP contribution in [0, 0.1) is 5.92 Å². The minimum absolute atomic E-state index is 0.0578. The van der Waals surface area contributed by atoms with E-state index in [2.05, 4.69) is 54.2 Å². The lowest BCUT2D eigenvalue weighted by Crippen LogP contribution is -2.60. The second-order valence-corrected chi connectivity index (χ2v) is 12.4. The molecule has 8 nitrogen and oxygen atoms in total. The van der Waals surface area contributed by atoms with Crippen LogP contribution in [0.5, 0.6) is 0 Å². The normalized spacial score (nSPS) is 22.5. The number of hydrogen-bond acceptors (Lipinski definition) is 6. The van der Waals surface area contributed by atoms with Crippen LogP contribution in [0.2, 0.25) is 18.1 Å². The van der Waals surface area contributed by atoms with Gasteiger partial charge in [-0.1, -0.05) is 26.0 Å². The summed E-state index contributed by atoms with van der Waals surface area (Å²) in [6.07, 6.45) is 0.848. The van der Waals surface area contributed by atoms with Gasteiger partial charge in [0.15, 0.2) is 14.0 Å². The maximum atomic E-state index is 12.1. The number of amides is 1. The van der Waals surface area contributed by atoms with Crippen LogP contribution in [0.1, 0.15) is 44.3 Å². The molecule has 1 aliphatic rings. The van der Waals surface area contributed by atoms with Crippen molar-refractivity contribution in [3.63, 3.8) is 0 Å². The lowest BCUT2D eigenvalue weighted by atomic mass is 9.92. The van der Waals surface area contributed by atoms with Crippen LogP contribution in [0.3, 0.4) is 0 Å². The summed E-state index contributed by atoms with van der Waals surface area (Å²) in [5.41, 5.74) is 0.107. The van der Waals surface area contributed by atoms with Crippen LogP contribution in [-0.2, 0) is 14.0 Å². The second kappa shape index (κ2) is 6.28. The first-order chi connectivity index (χ1) is 11.0. The number of carbonyl (C=O) groups excluding carboxylic acids is 2. The average Bonchev–Trinajstić information content (AvgIpc) is 2.90. The van der Waals surface area contributed by atoms with E-state index in [1.807, 2.05) is 6.92 Å². The summed E-state index contributed by atoms with van der Waals surface area (Å²) in [5.74, 6) is -1.01. The Morgan fingerprint density at radius 2 is 2.04 bits per heavy atom. The van der Waals surface area contributed by atoms with E-state index in [4.69, 9.17) is 4.43 Å². The molecule has 1 aliphatic heterocycles. The third-order valence-corrected chi connectivity index (χ3v) is 9.49. The first kappa shape index (κ1) is 18.6. The Bertz CT molecular complexity index is 638. The molecule has 1 fully saturated rings. The molecule has 0 saturated carbocycles. The van der Waals surface area contributed by atoms with Gasteiger partial charge in [0.05, 0.1) is 19.4 Å². The van der Waals surface area contributed by atoms with Gasteiger partial charge in [0.25, 0.3) is 0 Å². The van der Waals surface area contributed by atoms with Gasteiger partial charge in [-0.3, -0.25) is 4.79 Å². The lowest BCUT2D eigenvalue weighted by Gasteiger charge is -2.45. The van der Waals surface area contributed by atoms with Gasteiger partial charge in [0, 0.05) is 0 Å². The fraction of sp³-hybridized carbons (Fsp3) is 0.733.